The van der Waals surface area contributed by atoms with Gasteiger partial charge in [-0.25, -0.2) is 4.79 Å². The molecule has 0 bridgehead atoms. The molecule has 6 nitrogen and oxygen atoms in total. The number of ether oxygens (including phenoxy) is 1. The average Bonchev–Trinajstić information content (AvgIpc) is 3.31. The molecule has 1 atom stereocenters. The van der Waals surface area contributed by atoms with Crippen molar-refractivity contribution in [2.75, 3.05) is 12.4 Å². The number of amides is 1. The maximum absolute atomic E-state index is 12.6. The molecule has 0 aliphatic carbocycles. The van der Waals surface area contributed by atoms with E-state index in [1.807, 2.05) is 60.9 Å². The molecule has 2 N–H and O–H groups in total. The summed E-state index contributed by atoms with van der Waals surface area (Å²) in [7, 11) is 1.38. The summed E-state index contributed by atoms with van der Waals surface area (Å²) in [5, 5.41) is 6.34. The first-order chi connectivity index (χ1) is 15.9. The van der Waals surface area contributed by atoms with E-state index in [0.717, 1.165) is 34.7 Å². The molecule has 1 amide bonds. The van der Waals surface area contributed by atoms with Crippen molar-refractivity contribution in [3.05, 3.63) is 87.6 Å². The third kappa shape index (κ3) is 4.68. The Morgan fingerprint density at radius 1 is 1.18 bits per heavy atom. The number of anilines is 1. The molecule has 4 rings (SSSR count). The van der Waals surface area contributed by atoms with Crippen molar-refractivity contribution in [2.45, 2.75) is 32.7 Å². The summed E-state index contributed by atoms with van der Waals surface area (Å²) in [6, 6.07) is 17.6. The van der Waals surface area contributed by atoms with Gasteiger partial charge in [-0.1, -0.05) is 43.0 Å². The van der Waals surface area contributed by atoms with Crippen molar-refractivity contribution in [2.24, 2.45) is 0 Å². The smallest absolute Gasteiger partial charge is 0.339 e. The molecule has 2 heterocycles. The lowest BCUT2D eigenvalue weighted by Crippen LogP contribution is -2.30. The molecule has 0 spiro atoms. The Hall–Kier alpha value is -3.45. The van der Waals surface area contributed by atoms with E-state index in [-0.39, 0.29) is 17.4 Å². The highest BCUT2D eigenvalue weighted by Crippen LogP contribution is 2.32. The fourth-order valence-electron chi connectivity index (χ4n) is 3.95. The van der Waals surface area contributed by atoms with E-state index in [1.165, 1.54) is 24.4 Å². The first-order valence-corrected chi connectivity index (χ1v) is 11.7. The van der Waals surface area contributed by atoms with Gasteiger partial charge < -0.3 is 19.9 Å². The van der Waals surface area contributed by atoms with Gasteiger partial charge in [-0.3, -0.25) is 4.79 Å². The topological polar surface area (TPSA) is 72.4 Å². The predicted molar refractivity (Wildman–Crippen MR) is 134 cm³/mol. The highest BCUT2D eigenvalue weighted by Gasteiger charge is 2.28. The van der Waals surface area contributed by atoms with Crippen LogP contribution >= 0.6 is 11.8 Å². The predicted octanol–water partition coefficient (Wildman–Crippen LogP) is 5.04. The first-order valence-electron chi connectivity index (χ1n) is 10.8. The minimum Gasteiger partial charge on any atom is -0.465 e. The van der Waals surface area contributed by atoms with Crippen LogP contribution in [-0.4, -0.2) is 29.1 Å². The Morgan fingerprint density at radius 3 is 2.61 bits per heavy atom. The van der Waals surface area contributed by atoms with Crippen molar-refractivity contribution in [1.82, 2.24) is 9.88 Å². The van der Waals surface area contributed by atoms with Crippen LogP contribution in [-0.2, 0) is 16.0 Å². The van der Waals surface area contributed by atoms with E-state index >= 15 is 0 Å². The van der Waals surface area contributed by atoms with Crippen molar-refractivity contribution in [3.8, 4) is 5.69 Å². The fraction of sp³-hybridized carbons (Fsp3) is 0.231. The summed E-state index contributed by atoms with van der Waals surface area (Å²) in [6.45, 7) is 6.09. The number of esters is 1. The number of thioether (sulfide) groups is 1. The molecule has 33 heavy (non-hydrogen) atoms. The normalized spacial score (nSPS) is 16.7. The molecule has 0 unspecified atom stereocenters. The van der Waals surface area contributed by atoms with Crippen molar-refractivity contribution < 1.29 is 14.3 Å². The summed E-state index contributed by atoms with van der Waals surface area (Å²) >= 11 is 1.46. The highest BCUT2D eigenvalue weighted by atomic mass is 32.2. The summed E-state index contributed by atoms with van der Waals surface area (Å²) in [5.74, 6) is -0.493. The third-order valence-electron chi connectivity index (χ3n) is 5.70. The van der Waals surface area contributed by atoms with E-state index in [1.54, 1.807) is 6.07 Å². The number of carbonyl (C=O) groups excluding carboxylic acids is 2. The molecular formula is C26H27N3O3S. The molecular weight excluding hydrogens is 434 g/mol. The van der Waals surface area contributed by atoms with Gasteiger partial charge in [0, 0.05) is 17.1 Å². The Morgan fingerprint density at radius 2 is 1.91 bits per heavy atom. The van der Waals surface area contributed by atoms with Gasteiger partial charge >= 0.3 is 5.97 Å². The van der Waals surface area contributed by atoms with Gasteiger partial charge in [0.05, 0.1) is 23.3 Å². The highest BCUT2D eigenvalue weighted by molar-refractivity contribution is 8.05. The zero-order valence-electron chi connectivity index (χ0n) is 19.1. The number of para-hydroxylation sites is 1. The minimum absolute atomic E-state index is 0.109. The first kappa shape index (κ1) is 22.7. The monoisotopic (exact) mass is 461 g/mol. The summed E-state index contributed by atoms with van der Waals surface area (Å²) in [6.07, 6.45) is 2.89. The van der Waals surface area contributed by atoms with Crippen LogP contribution in [0.4, 0.5) is 5.69 Å². The average molecular weight is 462 g/mol. The van der Waals surface area contributed by atoms with Gasteiger partial charge in [0.15, 0.2) is 5.50 Å². The van der Waals surface area contributed by atoms with Gasteiger partial charge in [0.25, 0.3) is 5.91 Å². The number of carbonyl (C=O) groups is 2. The van der Waals surface area contributed by atoms with Gasteiger partial charge in [0.1, 0.15) is 0 Å². The number of aryl methyl sites for hydroxylation is 2. The minimum atomic E-state index is -0.385. The lowest BCUT2D eigenvalue weighted by molar-refractivity contribution is -0.116. The largest absolute Gasteiger partial charge is 0.465 e. The Balaban J connectivity index is 1.59. The molecule has 1 saturated heterocycles. The van der Waals surface area contributed by atoms with E-state index in [9.17, 15) is 9.59 Å². The van der Waals surface area contributed by atoms with Crippen LogP contribution in [0.15, 0.2) is 59.5 Å². The van der Waals surface area contributed by atoms with Crippen LogP contribution < -0.4 is 10.6 Å². The number of nitrogens with zero attached hydrogens (tertiary/aromatic N) is 1. The molecule has 2 aromatic carbocycles. The number of methoxy groups -OCH3 is 1. The van der Waals surface area contributed by atoms with Crippen LogP contribution in [0.2, 0.25) is 0 Å². The summed E-state index contributed by atoms with van der Waals surface area (Å²) in [4.78, 5) is 25.5. The van der Waals surface area contributed by atoms with E-state index in [2.05, 4.69) is 29.7 Å². The Labute approximate surface area is 198 Å². The maximum atomic E-state index is 12.6. The molecule has 1 fully saturated rings. The van der Waals surface area contributed by atoms with Crippen molar-refractivity contribution >= 4 is 35.4 Å². The van der Waals surface area contributed by atoms with Crippen LogP contribution in [0.1, 0.15) is 39.8 Å². The zero-order valence-corrected chi connectivity index (χ0v) is 20.0. The number of aromatic nitrogens is 1. The molecule has 7 heteroatoms. The summed E-state index contributed by atoms with van der Waals surface area (Å²) < 4.78 is 6.97. The molecule has 0 saturated carbocycles. The number of hydrogen-bond acceptors (Lipinski definition) is 5. The Kier molecular flexibility index (Phi) is 6.60. The van der Waals surface area contributed by atoms with E-state index < -0.39 is 0 Å². The summed E-state index contributed by atoms with van der Waals surface area (Å²) in [5.41, 5.74) is 6.07. The second-order valence-electron chi connectivity index (χ2n) is 7.85. The van der Waals surface area contributed by atoms with E-state index in [4.69, 9.17) is 4.74 Å². The van der Waals surface area contributed by atoms with E-state index in [0.29, 0.717) is 10.5 Å². The van der Waals surface area contributed by atoms with Gasteiger partial charge in [-0.15, -0.1) is 0 Å². The van der Waals surface area contributed by atoms with Crippen molar-refractivity contribution in [3.63, 3.8) is 0 Å². The molecule has 1 aromatic heterocycles. The number of rotatable bonds is 6. The van der Waals surface area contributed by atoms with Crippen LogP contribution in [0.5, 0.6) is 0 Å². The Bertz CT molecular complexity index is 1230. The number of hydrogen-bond donors (Lipinski definition) is 2. The lowest BCUT2D eigenvalue weighted by Gasteiger charge is -2.13. The third-order valence-corrected chi connectivity index (χ3v) is 6.73. The number of benzene rings is 2. The second-order valence-corrected chi connectivity index (χ2v) is 8.99. The molecule has 3 aromatic rings. The van der Waals surface area contributed by atoms with Crippen molar-refractivity contribution in [1.29, 1.82) is 0 Å². The van der Waals surface area contributed by atoms with Crippen LogP contribution in [0.25, 0.3) is 11.8 Å². The maximum Gasteiger partial charge on any atom is 0.339 e. The fourth-order valence-corrected chi connectivity index (χ4v) is 4.93. The quantitative estimate of drug-likeness (QED) is 0.397. The standard InChI is InChI=1S/C26H27N3O3S/c1-5-18-10-12-20(13-11-18)27-26-28-24(30)23(33-26)15-19-14-16(2)29(17(19)3)22-9-7-6-8-21(22)25(31)32-4/h6-15,26-27H,5H2,1-4H3,(H,28,30)/b23-15-/t26-/m1/s1. The van der Waals surface area contributed by atoms with Crippen LogP contribution in [0.3, 0.4) is 0 Å². The molecule has 170 valence electrons. The molecule has 1 aliphatic heterocycles. The molecule has 0 radical (unpaired) electrons. The van der Waals surface area contributed by atoms with Crippen LogP contribution in [0, 0.1) is 13.8 Å². The zero-order chi connectivity index (χ0) is 23.5. The lowest BCUT2D eigenvalue weighted by atomic mass is 10.1. The number of nitrogens with one attached hydrogen (secondary N) is 2. The SMILES string of the molecule is CCc1ccc(N[C@@H]2NC(=O)/C(=C/c3cc(C)n(-c4ccccc4C(=O)OC)c3C)S2)cc1. The van der Waals surface area contributed by atoms with Gasteiger partial charge in [0.2, 0.25) is 0 Å². The van der Waals surface area contributed by atoms with Gasteiger partial charge in [-0.05, 0) is 67.8 Å². The van der Waals surface area contributed by atoms with Gasteiger partial charge in [-0.2, -0.15) is 0 Å². The molecule has 1 aliphatic rings. The second kappa shape index (κ2) is 9.58.